The molecule has 0 aromatic heterocycles. The van der Waals surface area contributed by atoms with Crippen molar-refractivity contribution in [3.05, 3.63) is 28.3 Å². The summed E-state index contributed by atoms with van der Waals surface area (Å²) in [4.78, 5) is 38.7. The van der Waals surface area contributed by atoms with Crippen LogP contribution in [0.4, 0.5) is 5.69 Å². The van der Waals surface area contributed by atoms with Gasteiger partial charge in [-0.3, -0.25) is 14.5 Å². The van der Waals surface area contributed by atoms with Gasteiger partial charge in [-0.25, -0.2) is 4.79 Å². The van der Waals surface area contributed by atoms with Crippen molar-refractivity contribution in [1.29, 1.82) is 0 Å². The third kappa shape index (κ3) is 6.82. The largest absolute Gasteiger partial charge is 0.467 e. The molecule has 1 amide bonds. The summed E-state index contributed by atoms with van der Waals surface area (Å²) in [5, 5.41) is 0.504. The highest BCUT2D eigenvalue weighted by atomic mass is 35.5. The summed E-state index contributed by atoms with van der Waals surface area (Å²) >= 11 is 7.25. The van der Waals surface area contributed by atoms with Gasteiger partial charge in [0.25, 0.3) is 0 Å². The molecule has 0 unspecified atom stereocenters. The number of esters is 1. The van der Waals surface area contributed by atoms with Gasteiger partial charge >= 0.3 is 5.97 Å². The first-order valence-corrected chi connectivity index (χ1v) is 10.9. The Morgan fingerprint density at radius 1 is 1.18 bits per heavy atom. The molecular weight excluding hydrogens is 398 g/mol. The fraction of sp³-hybridized carbons (Fsp3) is 0.571. The first kappa shape index (κ1) is 24.5. The number of amides is 1. The van der Waals surface area contributed by atoms with E-state index in [-0.39, 0.29) is 16.8 Å². The number of carbonyl (C=O) groups excluding carboxylic acids is 3. The second-order valence-electron chi connectivity index (χ2n) is 6.77. The molecule has 1 aromatic rings. The number of benzene rings is 1. The topological polar surface area (TPSA) is 63.7 Å². The molecule has 0 aliphatic carbocycles. The fourth-order valence-electron chi connectivity index (χ4n) is 2.97. The van der Waals surface area contributed by atoms with Gasteiger partial charge in [0.15, 0.2) is 5.12 Å². The number of aryl methyl sites for hydroxylation is 1. The third-order valence-corrected chi connectivity index (χ3v) is 5.92. The van der Waals surface area contributed by atoms with E-state index in [1.165, 1.54) is 12.0 Å². The quantitative estimate of drug-likeness (QED) is 0.384. The first-order valence-electron chi connectivity index (χ1n) is 9.55. The van der Waals surface area contributed by atoms with E-state index in [1.54, 1.807) is 26.0 Å². The van der Waals surface area contributed by atoms with Crippen LogP contribution in [0.1, 0.15) is 57.1 Å². The van der Waals surface area contributed by atoms with Crippen LogP contribution in [0.15, 0.2) is 12.1 Å². The molecule has 0 saturated carbocycles. The summed E-state index contributed by atoms with van der Waals surface area (Å²) in [7, 11) is 1.29. The molecule has 0 heterocycles. The van der Waals surface area contributed by atoms with E-state index in [2.05, 4.69) is 6.92 Å². The molecule has 0 saturated heterocycles. The van der Waals surface area contributed by atoms with Crippen molar-refractivity contribution < 1.29 is 19.1 Å². The summed E-state index contributed by atoms with van der Waals surface area (Å²) in [5.41, 5.74) is 2.12. The lowest BCUT2D eigenvalue weighted by Crippen LogP contribution is -2.45. The van der Waals surface area contributed by atoms with Gasteiger partial charge in [-0.1, -0.05) is 55.6 Å². The van der Waals surface area contributed by atoms with Gasteiger partial charge in [-0.2, -0.15) is 0 Å². The molecule has 0 bridgehead atoms. The van der Waals surface area contributed by atoms with Gasteiger partial charge in [0.1, 0.15) is 6.04 Å². The van der Waals surface area contributed by atoms with Gasteiger partial charge in [-0.15, -0.1) is 0 Å². The maximum atomic E-state index is 13.0. The monoisotopic (exact) mass is 427 g/mol. The zero-order chi connectivity index (χ0) is 21.3. The van der Waals surface area contributed by atoms with Crippen LogP contribution in [0.5, 0.6) is 0 Å². The van der Waals surface area contributed by atoms with E-state index >= 15 is 0 Å². The summed E-state index contributed by atoms with van der Waals surface area (Å²) in [6.07, 6.45) is 4.53. The number of rotatable bonds is 10. The van der Waals surface area contributed by atoms with Crippen LogP contribution in [0.25, 0.3) is 0 Å². The second-order valence-corrected chi connectivity index (χ2v) is 8.21. The Morgan fingerprint density at radius 2 is 1.86 bits per heavy atom. The number of methoxy groups -OCH3 is 1. The van der Waals surface area contributed by atoms with Gasteiger partial charge < -0.3 is 4.74 Å². The average molecular weight is 428 g/mol. The predicted molar refractivity (Wildman–Crippen MR) is 116 cm³/mol. The van der Waals surface area contributed by atoms with Gasteiger partial charge in [0.2, 0.25) is 5.91 Å². The number of thioether (sulfide) groups is 1. The minimum absolute atomic E-state index is 0.00494. The molecule has 5 nitrogen and oxygen atoms in total. The molecule has 1 aromatic carbocycles. The maximum Gasteiger partial charge on any atom is 0.328 e. The Balaban J connectivity index is 2.98. The van der Waals surface area contributed by atoms with Crippen LogP contribution >= 0.6 is 23.4 Å². The Kier molecular flexibility index (Phi) is 10.6. The van der Waals surface area contributed by atoms with Crippen molar-refractivity contribution in [2.24, 2.45) is 0 Å². The lowest BCUT2D eigenvalue weighted by atomic mass is 10.1. The molecule has 28 heavy (non-hydrogen) atoms. The zero-order valence-electron chi connectivity index (χ0n) is 17.3. The molecule has 0 radical (unpaired) electrons. The smallest absolute Gasteiger partial charge is 0.328 e. The summed E-state index contributed by atoms with van der Waals surface area (Å²) in [6.45, 7) is 7.39. The molecule has 7 heteroatoms. The lowest BCUT2D eigenvalue weighted by molar-refractivity contribution is -0.142. The zero-order valence-corrected chi connectivity index (χ0v) is 18.9. The van der Waals surface area contributed by atoms with Gasteiger partial charge in [0.05, 0.1) is 18.6 Å². The van der Waals surface area contributed by atoms with Crippen LogP contribution in [-0.2, 0) is 19.1 Å². The van der Waals surface area contributed by atoms with Crippen molar-refractivity contribution in [3.8, 4) is 0 Å². The molecule has 156 valence electrons. The Labute approximate surface area is 177 Å². The van der Waals surface area contributed by atoms with Crippen molar-refractivity contribution in [2.45, 2.75) is 65.8 Å². The Hall–Kier alpha value is -1.53. The Bertz CT molecular complexity index is 708. The minimum atomic E-state index is -0.825. The highest BCUT2D eigenvalue weighted by Gasteiger charge is 2.31. The fourth-order valence-corrected chi connectivity index (χ4v) is 3.84. The minimum Gasteiger partial charge on any atom is -0.467 e. The van der Waals surface area contributed by atoms with E-state index in [9.17, 15) is 14.4 Å². The van der Waals surface area contributed by atoms with Crippen molar-refractivity contribution >= 4 is 46.0 Å². The van der Waals surface area contributed by atoms with E-state index in [0.29, 0.717) is 22.7 Å². The van der Waals surface area contributed by atoms with Crippen LogP contribution in [0, 0.1) is 13.8 Å². The molecule has 0 N–H and O–H groups in total. The second kappa shape index (κ2) is 12.1. The number of anilines is 1. The van der Waals surface area contributed by atoms with Crippen LogP contribution in [-0.4, -0.2) is 35.9 Å². The molecule has 0 fully saturated rings. The molecule has 0 aliphatic rings. The maximum absolute atomic E-state index is 13.0. The van der Waals surface area contributed by atoms with Gasteiger partial charge in [0, 0.05) is 11.4 Å². The van der Waals surface area contributed by atoms with E-state index in [0.717, 1.165) is 43.0 Å². The summed E-state index contributed by atoms with van der Waals surface area (Å²) < 4.78 is 4.84. The van der Waals surface area contributed by atoms with Crippen molar-refractivity contribution in [3.63, 3.8) is 0 Å². The number of hydrogen-bond donors (Lipinski definition) is 0. The first-order chi connectivity index (χ1) is 13.2. The normalized spacial score (nSPS) is 11.8. The number of carbonyl (C=O) groups is 3. The number of nitrogens with zero attached hydrogens (tertiary/aromatic N) is 1. The highest BCUT2D eigenvalue weighted by molar-refractivity contribution is 8.14. The predicted octanol–water partition coefficient (Wildman–Crippen LogP) is 5.08. The van der Waals surface area contributed by atoms with E-state index in [4.69, 9.17) is 16.3 Å². The molecule has 1 atom stereocenters. The van der Waals surface area contributed by atoms with Gasteiger partial charge in [-0.05, 0) is 44.4 Å². The van der Waals surface area contributed by atoms with Crippen molar-refractivity contribution in [1.82, 2.24) is 0 Å². The summed E-state index contributed by atoms with van der Waals surface area (Å²) in [5.74, 6) is -0.874. The SMILES string of the molecule is CCCCCCC(=O)SCC(=O)N(c1c(C)ccc(Cl)c1C)[C@@H](C)C(=O)OC. The lowest BCUT2D eigenvalue weighted by Gasteiger charge is -2.30. The van der Waals surface area contributed by atoms with E-state index < -0.39 is 12.0 Å². The van der Waals surface area contributed by atoms with E-state index in [1.807, 2.05) is 6.92 Å². The molecule has 0 spiro atoms. The highest BCUT2D eigenvalue weighted by Crippen LogP contribution is 2.32. The van der Waals surface area contributed by atoms with Crippen LogP contribution in [0.3, 0.4) is 0 Å². The number of hydrogen-bond acceptors (Lipinski definition) is 5. The van der Waals surface area contributed by atoms with Crippen LogP contribution < -0.4 is 4.90 Å². The number of ether oxygens (including phenoxy) is 1. The van der Waals surface area contributed by atoms with Crippen molar-refractivity contribution in [2.75, 3.05) is 17.8 Å². The molecule has 0 aliphatic heterocycles. The number of unbranched alkanes of at least 4 members (excludes halogenated alkanes) is 3. The van der Waals surface area contributed by atoms with Crippen LogP contribution in [0.2, 0.25) is 5.02 Å². The Morgan fingerprint density at radius 3 is 2.46 bits per heavy atom. The standard InChI is InChI=1S/C21H30ClNO4S/c1-6-7-8-9-10-19(25)28-13-18(24)23(16(4)21(26)27-5)20-14(2)11-12-17(22)15(20)3/h11-12,16H,6-10,13H2,1-5H3/t16-/m0/s1. The summed E-state index contributed by atoms with van der Waals surface area (Å²) in [6, 6.07) is 2.74. The molecular formula is C21H30ClNO4S. The average Bonchev–Trinajstić information content (AvgIpc) is 2.68. The number of halogens is 1. The third-order valence-electron chi connectivity index (χ3n) is 4.60. The molecule has 1 rings (SSSR count).